The number of ether oxygens (including phenoxy) is 1. The number of carbonyl (C=O) groups is 1. The van der Waals surface area contributed by atoms with Crippen LogP contribution >= 0.6 is 11.6 Å². The van der Waals surface area contributed by atoms with Crippen molar-refractivity contribution in [2.24, 2.45) is 0 Å². The summed E-state index contributed by atoms with van der Waals surface area (Å²) in [7, 11) is 0. The maximum absolute atomic E-state index is 12.2. The summed E-state index contributed by atoms with van der Waals surface area (Å²) in [6.07, 6.45) is 0. The Morgan fingerprint density at radius 3 is 2.44 bits per heavy atom. The summed E-state index contributed by atoms with van der Waals surface area (Å²) in [6.45, 7) is 1.75. The molecule has 25 heavy (non-hydrogen) atoms. The van der Waals surface area contributed by atoms with Gasteiger partial charge in [0.05, 0.1) is 5.02 Å². The molecule has 5 nitrogen and oxygen atoms in total. The molecule has 0 saturated carbocycles. The van der Waals surface area contributed by atoms with E-state index in [1.807, 2.05) is 12.1 Å². The normalized spacial score (nSPS) is 10.3. The molecule has 2 N–H and O–H groups in total. The van der Waals surface area contributed by atoms with Crippen LogP contribution in [0.3, 0.4) is 0 Å². The van der Waals surface area contributed by atoms with Gasteiger partial charge in [0, 0.05) is 11.4 Å². The molecule has 6 heteroatoms. The van der Waals surface area contributed by atoms with Crippen LogP contribution in [-0.4, -0.2) is 10.9 Å². The molecule has 0 fully saturated rings. The number of H-pyrrole nitrogens is 1. The molecule has 0 aliphatic carbocycles. The average Bonchev–Trinajstić information content (AvgIpc) is 2.58. The zero-order valence-corrected chi connectivity index (χ0v) is 14.1. The number of para-hydroxylation sites is 1. The van der Waals surface area contributed by atoms with Gasteiger partial charge >= 0.3 is 0 Å². The fourth-order valence-electron chi connectivity index (χ4n) is 2.21. The van der Waals surface area contributed by atoms with Crippen LogP contribution in [0.2, 0.25) is 5.02 Å². The summed E-state index contributed by atoms with van der Waals surface area (Å²) in [5.41, 5.74) is 0.886. The highest BCUT2D eigenvalue weighted by Gasteiger charge is 2.11. The molecule has 0 bridgehead atoms. The second-order valence-electron chi connectivity index (χ2n) is 5.40. The van der Waals surface area contributed by atoms with E-state index in [1.165, 1.54) is 6.07 Å². The van der Waals surface area contributed by atoms with E-state index in [1.54, 1.807) is 49.4 Å². The van der Waals surface area contributed by atoms with Crippen molar-refractivity contribution < 1.29 is 9.53 Å². The second kappa shape index (κ2) is 7.23. The number of halogens is 1. The zero-order valence-electron chi connectivity index (χ0n) is 13.4. The van der Waals surface area contributed by atoms with E-state index in [4.69, 9.17) is 16.3 Å². The first kappa shape index (κ1) is 16.8. The molecule has 2 aromatic carbocycles. The first-order valence-corrected chi connectivity index (χ1v) is 7.94. The van der Waals surface area contributed by atoms with E-state index >= 15 is 0 Å². The van der Waals surface area contributed by atoms with Gasteiger partial charge in [-0.1, -0.05) is 23.7 Å². The third-order valence-electron chi connectivity index (χ3n) is 3.48. The van der Waals surface area contributed by atoms with Crippen molar-refractivity contribution in [1.29, 1.82) is 0 Å². The standard InChI is InChI=1S/C19H15ClN2O3/c1-12-6-11-15(18(23)21-12)19(24)22-13-7-9-14(10-8-13)25-17-5-3-2-4-16(17)20/h2-11H,1H3,(H,21,23)(H,22,24). The maximum atomic E-state index is 12.2. The minimum atomic E-state index is -0.471. The van der Waals surface area contributed by atoms with Crippen molar-refractivity contribution in [2.75, 3.05) is 5.32 Å². The van der Waals surface area contributed by atoms with E-state index < -0.39 is 11.5 Å². The number of pyridine rings is 1. The molecule has 126 valence electrons. The molecule has 0 radical (unpaired) electrons. The number of rotatable bonds is 4. The monoisotopic (exact) mass is 354 g/mol. The van der Waals surface area contributed by atoms with Crippen LogP contribution in [0.1, 0.15) is 16.1 Å². The molecular weight excluding hydrogens is 340 g/mol. The lowest BCUT2D eigenvalue weighted by Crippen LogP contribution is -2.23. The van der Waals surface area contributed by atoms with Crippen LogP contribution in [0.15, 0.2) is 65.5 Å². The van der Waals surface area contributed by atoms with E-state index in [0.29, 0.717) is 27.9 Å². The summed E-state index contributed by atoms with van der Waals surface area (Å²) >= 11 is 6.05. The van der Waals surface area contributed by atoms with Crippen molar-refractivity contribution in [3.05, 3.63) is 87.3 Å². The van der Waals surface area contributed by atoms with E-state index in [0.717, 1.165) is 0 Å². The van der Waals surface area contributed by atoms with Crippen LogP contribution in [0, 0.1) is 6.92 Å². The number of anilines is 1. The summed E-state index contributed by atoms with van der Waals surface area (Å²) in [4.78, 5) is 26.6. The Bertz CT molecular complexity index is 965. The predicted octanol–water partition coefficient (Wildman–Crippen LogP) is 4.38. The molecule has 0 saturated heterocycles. The molecule has 0 aliphatic rings. The second-order valence-corrected chi connectivity index (χ2v) is 5.80. The van der Waals surface area contributed by atoms with Gasteiger partial charge in [0.25, 0.3) is 11.5 Å². The van der Waals surface area contributed by atoms with Crippen LogP contribution in [-0.2, 0) is 0 Å². The van der Waals surface area contributed by atoms with Crippen LogP contribution < -0.4 is 15.6 Å². The number of aromatic nitrogens is 1. The Morgan fingerprint density at radius 1 is 1.04 bits per heavy atom. The van der Waals surface area contributed by atoms with Crippen molar-refractivity contribution in [3.8, 4) is 11.5 Å². The van der Waals surface area contributed by atoms with Crippen molar-refractivity contribution in [3.63, 3.8) is 0 Å². The molecule has 3 rings (SSSR count). The van der Waals surface area contributed by atoms with Crippen molar-refractivity contribution >= 4 is 23.2 Å². The number of nitrogens with one attached hydrogen (secondary N) is 2. The fourth-order valence-corrected chi connectivity index (χ4v) is 2.38. The minimum Gasteiger partial charge on any atom is -0.456 e. The number of hydrogen-bond acceptors (Lipinski definition) is 3. The van der Waals surface area contributed by atoms with Crippen LogP contribution in [0.4, 0.5) is 5.69 Å². The summed E-state index contributed by atoms with van der Waals surface area (Å²) in [5, 5.41) is 3.19. The summed E-state index contributed by atoms with van der Waals surface area (Å²) in [5.74, 6) is 0.660. The summed E-state index contributed by atoms with van der Waals surface area (Å²) in [6, 6.07) is 17.1. The Morgan fingerprint density at radius 2 is 1.76 bits per heavy atom. The maximum Gasteiger partial charge on any atom is 0.261 e. The van der Waals surface area contributed by atoms with Gasteiger partial charge in [-0.2, -0.15) is 0 Å². The van der Waals surface area contributed by atoms with Gasteiger partial charge in [-0.15, -0.1) is 0 Å². The quantitative estimate of drug-likeness (QED) is 0.730. The summed E-state index contributed by atoms with van der Waals surface area (Å²) < 4.78 is 5.69. The average molecular weight is 355 g/mol. The van der Waals surface area contributed by atoms with Gasteiger partial charge in [0.2, 0.25) is 0 Å². The number of carbonyl (C=O) groups excluding carboxylic acids is 1. The van der Waals surface area contributed by atoms with Gasteiger partial charge in [-0.3, -0.25) is 9.59 Å². The molecule has 1 heterocycles. The van der Waals surface area contributed by atoms with Crippen molar-refractivity contribution in [2.45, 2.75) is 6.92 Å². The minimum absolute atomic E-state index is 0.0574. The fraction of sp³-hybridized carbons (Fsp3) is 0.0526. The molecule has 0 atom stereocenters. The van der Waals surface area contributed by atoms with Gasteiger partial charge in [0.1, 0.15) is 17.1 Å². The molecule has 1 aromatic heterocycles. The van der Waals surface area contributed by atoms with Gasteiger partial charge in [-0.25, -0.2) is 0 Å². The number of benzene rings is 2. The smallest absolute Gasteiger partial charge is 0.261 e. The lowest BCUT2D eigenvalue weighted by molar-refractivity contribution is 0.102. The van der Waals surface area contributed by atoms with Crippen LogP contribution in [0.25, 0.3) is 0 Å². The highest BCUT2D eigenvalue weighted by Crippen LogP contribution is 2.29. The van der Waals surface area contributed by atoms with Gasteiger partial charge < -0.3 is 15.0 Å². The van der Waals surface area contributed by atoms with Crippen LogP contribution in [0.5, 0.6) is 11.5 Å². The Kier molecular flexibility index (Phi) is 4.86. The Balaban J connectivity index is 1.71. The molecule has 0 spiro atoms. The zero-order chi connectivity index (χ0) is 17.8. The topological polar surface area (TPSA) is 71.2 Å². The third-order valence-corrected chi connectivity index (χ3v) is 3.79. The highest BCUT2D eigenvalue weighted by atomic mass is 35.5. The number of hydrogen-bond donors (Lipinski definition) is 2. The predicted molar refractivity (Wildman–Crippen MR) is 97.7 cm³/mol. The first-order chi connectivity index (χ1) is 12.0. The number of aryl methyl sites for hydroxylation is 1. The molecule has 0 aliphatic heterocycles. The van der Waals surface area contributed by atoms with Crippen molar-refractivity contribution in [1.82, 2.24) is 4.98 Å². The largest absolute Gasteiger partial charge is 0.456 e. The van der Waals surface area contributed by atoms with E-state index in [-0.39, 0.29) is 5.56 Å². The SMILES string of the molecule is Cc1ccc(C(=O)Nc2ccc(Oc3ccccc3Cl)cc2)c(=O)[nH]1. The number of aromatic amines is 1. The molecule has 3 aromatic rings. The van der Waals surface area contributed by atoms with Gasteiger partial charge in [0.15, 0.2) is 0 Å². The Labute approximate surface area is 149 Å². The lowest BCUT2D eigenvalue weighted by Gasteiger charge is -2.09. The molecule has 1 amide bonds. The van der Waals surface area contributed by atoms with E-state index in [9.17, 15) is 9.59 Å². The molecule has 0 unspecified atom stereocenters. The highest BCUT2D eigenvalue weighted by molar-refractivity contribution is 6.32. The molecular formula is C19H15ClN2O3. The third kappa shape index (κ3) is 4.08. The number of amides is 1. The lowest BCUT2D eigenvalue weighted by atomic mass is 10.2. The van der Waals surface area contributed by atoms with E-state index in [2.05, 4.69) is 10.3 Å². The first-order valence-electron chi connectivity index (χ1n) is 7.56. The van der Waals surface area contributed by atoms with Gasteiger partial charge in [-0.05, 0) is 55.5 Å². The Hall–Kier alpha value is -3.05.